The number of hydrogen-bond donors (Lipinski definition) is 2. The predicted octanol–water partition coefficient (Wildman–Crippen LogP) is 3.13. The van der Waals surface area contributed by atoms with Gasteiger partial charge in [-0.15, -0.1) is 0 Å². The minimum atomic E-state index is -0.549. The zero-order valence-electron chi connectivity index (χ0n) is 14.3. The molecule has 2 N–H and O–H groups in total. The zero-order chi connectivity index (χ0) is 17.8. The number of anilines is 1. The number of carbonyl (C=O) groups excluding carboxylic acids is 2. The van der Waals surface area contributed by atoms with Gasteiger partial charge in [-0.1, -0.05) is 24.4 Å². The summed E-state index contributed by atoms with van der Waals surface area (Å²) in [4.78, 5) is 24.3. The molecule has 2 aliphatic rings. The fourth-order valence-electron chi connectivity index (χ4n) is 3.40. The molecule has 0 spiro atoms. The van der Waals surface area contributed by atoms with Crippen molar-refractivity contribution in [1.82, 2.24) is 5.32 Å². The Bertz CT molecular complexity index is 659. The highest BCUT2D eigenvalue weighted by Gasteiger charge is 2.31. The summed E-state index contributed by atoms with van der Waals surface area (Å²) in [5, 5.41) is 6.01. The van der Waals surface area contributed by atoms with Crippen LogP contribution in [0.4, 0.5) is 5.69 Å². The number of benzene rings is 1. The van der Waals surface area contributed by atoms with Crippen molar-refractivity contribution in [3.05, 3.63) is 17.2 Å². The maximum atomic E-state index is 12.8. The molecule has 1 aromatic rings. The quantitative estimate of drug-likeness (QED) is 0.858. The van der Waals surface area contributed by atoms with Gasteiger partial charge in [-0.25, -0.2) is 0 Å². The van der Waals surface area contributed by atoms with Crippen LogP contribution >= 0.6 is 11.6 Å². The molecule has 0 saturated heterocycles. The van der Waals surface area contributed by atoms with Crippen molar-refractivity contribution in [1.29, 1.82) is 0 Å². The van der Waals surface area contributed by atoms with Crippen molar-refractivity contribution >= 4 is 29.1 Å². The van der Waals surface area contributed by atoms with E-state index < -0.39 is 6.04 Å². The van der Waals surface area contributed by atoms with Gasteiger partial charge in [0.25, 0.3) is 0 Å². The molecule has 25 heavy (non-hydrogen) atoms. The average Bonchev–Trinajstić information content (AvgIpc) is 3.00. The molecule has 3 rings (SSSR count). The number of ether oxygens (including phenoxy) is 2. The summed E-state index contributed by atoms with van der Waals surface area (Å²) in [5.41, 5.74) is 0.462. The molecular formula is C18H23ClN2O4. The standard InChI is InChI=1S/C18H23ClN2O4/c1-11(22)20-17(12-5-2-3-6-12)18(23)21-14-10-16-15(9-13(14)19)24-7-4-8-25-16/h9-10,12,17H,2-8H2,1H3,(H,20,22)(H,21,23). The maximum absolute atomic E-state index is 12.8. The minimum Gasteiger partial charge on any atom is -0.490 e. The van der Waals surface area contributed by atoms with Crippen LogP contribution in [0, 0.1) is 5.92 Å². The fraction of sp³-hybridized carbons (Fsp3) is 0.556. The first-order chi connectivity index (χ1) is 12.0. The molecule has 1 unspecified atom stereocenters. The van der Waals surface area contributed by atoms with E-state index in [2.05, 4.69) is 10.6 Å². The van der Waals surface area contributed by atoms with Crippen LogP contribution in [0.2, 0.25) is 5.02 Å². The van der Waals surface area contributed by atoms with Gasteiger partial charge >= 0.3 is 0 Å². The van der Waals surface area contributed by atoms with Crippen molar-refractivity contribution in [3.63, 3.8) is 0 Å². The molecule has 6 nitrogen and oxygen atoms in total. The van der Waals surface area contributed by atoms with Crippen LogP contribution in [0.5, 0.6) is 11.5 Å². The van der Waals surface area contributed by atoms with Crippen molar-refractivity contribution in [2.45, 2.75) is 45.1 Å². The van der Waals surface area contributed by atoms with Gasteiger partial charge in [0.1, 0.15) is 6.04 Å². The van der Waals surface area contributed by atoms with E-state index in [1.54, 1.807) is 12.1 Å². The summed E-state index contributed by atoms with van der Waals surface area (Å²) in [6.07, 6.45) is 4.83. The van der Waals surface area contributed by atoms with E-state index in [0.29, 0.717) is 35.4 Å². The Balaban J connectivity index is 1.78. The van der Waals surface area contributed by atoms with Crippen molar-refractivity contribution in [2.75, 3.05) is 18.5 Å². The number of halogens is 1. The third-order valence-electron chi connectivity index (χ3n) is 4.61. The molecule has 1 aliphatic carbocycles. The molecule has 136 valence electrons. The third-order valence-corrected chi connectivity index (χ3v) is 4.92. The van der Waals surface area contributed by atoms with Crippen molar-refractivity contribution in [3.8, 4) is 11.5 Å². The van der Waals surface area contributed by atoms with Gasteiger partial charge in [0.05, 0.1) is 23.9 Å². The molecule has 1 aliphatic heterocycles. The van der Waals surface area contributed by atoms with Gasteiger partial charge in [-0.05, 0) is 18.8 Å². The topological polar surface area (TPSA) is 76.7 Å². The highest BCUT2D eigenvalue weighted by atomic mass is 35.5. The monoisotopic (exact) mass is 366 g/mol. The molecule has 7 heteroatoms. The van der Waals surface area contributed by atoms with Gasteiger partial charge in [-0.3, -0.25) is 9.59 Å². The zero-order valence-corrected chi connectivity index (χ0v) is 15.0. The second kappa shape index (κ2) is 7.95. The first-order valence-corrected chi connectivity index (χ1v) is 9.09. The van der Waals surface area contributed by atoms with Crippen LogP contribution in [0.3, 0.4) is 0 Å². The summed E-state index contributed by atoms with van der Waals surface area (Å²) >= 11 is 6.29. The number of nitrogens with one attached hydrogen (secondary N) is 2. The maximum Gasteiger partial charge on any atom is 0.247 e. The summed E-state index contributed by atoms with van der Waals surface area (Å²) in [7, 11) is 0. The summed E-state index contributed by atoms with van der Waals surface area (Å²) < 4.78 is 11.2. The lowest BCUT2D eigenvalue weighted by Gasteiger charge is -2.23. The van der Waals surface area contributed by atoms with Gasteiger partial charge in [-0.2, -0.15) is 0 Å². The summed E-state index contributed by atoms with van der Waals surface area (Å²) in [6.45, 7) is 2.55. The summed E-state index contributed by atoms with van der Waals surface area (Å²) in [5.74, 6) is 0.835. The van der Waals surface area contributed by atoms with E-state index in [-0.39, 0.29) is 17.7 Å². The van der Waals surface area contributed by atoms with Gasteiger partial charge < -0.3 is 20.1 Å². The van der Waals surface area contributed by atoms with Crippen LogP contribution in [0.15, 0.2) is 12.1 Å². The number of hydrogen-bond acceptors (Lipinski definition) is 4. The molecule has 1 heterocycles. The highest BCUT2D eigenvalue weighted by molar-refractivity contribution is 6.34. The van der Waals surface area contributed by atoms with Gasteiger partial charge in [0.2, 0.25) is 11.8 Å². The second-order valence-corrected chi connectivity index (χ2v) is 6.95. The molecule has 1 aromatic carbocycles. The number of amides is 2. The van der Waals surface area contributed by atoms with E-state index in [0.717, 1.165) is 32.1 Å². The lowest BCUT2D eigenvalue weighted by Crippen LogP contribution is -2.47. The highest BCUT2D eigenvalue weighted by Crippen LogP contribution is 2.38. The van der Waals surface area contributed by atoms with Crippen LogP contribution in [-0.2, 0) is 9.59 Å². The lowest BCUT2D eigenvalue weighted by atomic mass is 9.97. The lowest BCUT2D eigenvalue weighted by molar-refractivity contribution is -0.126. The van der Waals surface area contributed by atoms with Gasteiger partial charge in [0, 0.05) is 25.5 Å². The Morgan fingerprint density at radius 1 is 1.12 bits per heavy atom. The summed E-state index contributed by atoms with van der Waals surface area (Å²) in [6, 6.07) is 2.79. The average molecular weight is 367 g/mol. The Morgan fingerprint density at radius 3 is 2.40 bits per heavy atom. The fourth-order valence-corrected chi connectivity index (χ4v) is 3.60. The van der Waals surface area contributed by atoms with Crippen molar-refractivity contribution < 1.29 is 19.1 Å². The van der Waals surface area contributed by atoms with Crippen molar-refractivity contribution in [2.24, 2.45) is 5.92 Å². The molecule has 1 saturated carbocycles. The van der Waals surface area contributed by atoms with E-state index in [9.17, 15) is 9.59 Å². The molecular weight excluding hydrogens is 344 g/mol. The van der Waals surface area contributed by atoms with Crippen LogP contribution in [0.25, 0.3) is 0 Å². The predicted molar refractivity (Wildman–Crippen MR) is 95.3 cm³/mol. The van der Waals surface area contributed by atoms with Crippen LogP contribution in [-0.4, -0.2) is 31.1 Å². The first kappa shape index (κ1) is 17.9. The molecule has 0 bridgehead atoms. The Hall–Kier alpha value is -1.95. The largest absolute Gasteiger partial charge is 0.490 e. The second-order valence-electron chi connectivity index (χ2n) is 6.54. The van der Waals surface area contributed by atoms with E-state index in [1.165, 1.54) is 6.92 Å². The van der Waals surface area contributed by atoms with Crippen LogP contribution in [0.1, 0.15) is 39.0 Å². The van der Waals surface area contributed by atoms with E-state index in [1.807, 2.05) is 0 Å². The van der Waals surface area contributed by atoms with E-state index in [4.69, 9.17) is 21.1 Å². The molecule has 0 radical (unpaired) electrons. The first-order valence-electron chi connectivity index (χ1n) is 8.71. The smallest absolute Gasteiger partial charge is 0.247 e. The Morgan fingerprint density at radius 2 is 1.76 bits per heavy atom. The van der Waals surface area contributed by atoms with Crippen LogP contribution < -0.4 is 20.1 Å². The molecule has 1 fully saturated rings. The number of rotatable bonds is 4. The Labute approximate surface area is 152 Å². The normalized spacial score (nSPS) is 18.3. The number of carbonyl (C=O) groups is 2. The third kappa shape index (κ3) is 4.37. The SMILES string of the molecule is CC(=O)NC(C(=O)Nc1cc2c(cc1Cl)OCCCO2)C1CCCC1. The molecule has 1 atom stereocenters. The van der Waals surface area contributed by atoms with Gasteiger partial charge in [0.15, 0.2) is 11.5 Å². The number of fused-ring (bicyclic) bond motifs is 1. The van der Waals surface area contributed by atoms with E-state index >= 15 is 0 Å². The Kier molecular flexibility index (Phi) is 5.68. The molecule has 0 aromatic heterocycles. The molecule has 2 amide bonds. The minimum absolute atomic E-state index is 0.156.